The van der Waals surface area contributed by atoms with Crippen LogP contribution in [0.15, 0.2) is 9.98 Å². The van der Waals surface area contributed by atoms with Gasteiger partial charge in [0.2, 0.25) is 0 Å². The first-order chi connectivity index (χ1) is 19.0. The van der Waals surface area contributed by atoms with E-state index in [0.29, 0.717) is 5.41 Å². The molecule has 0 bridgehead atoms. The van der Waals surface area contributed by atoms with Gasteiger partial charge in [-0.25, -0.2) is 9.59 Å². The molecule has 0 unspecified atom stereocenters. The third-order valence-electron chi connectivity index (χ3n) is 5.98. The number of amidine groups is 1. The molecule has 0 spiro atoms. The van der Waals surface area contributed by atoms with Crippen molar-refractivity contribution in [3.8, 4) is 0 Å². The topological polar surface area (TPSA) is 135 Å². The Balaban J connectivity index is 0.000000941. The minimum Gasteiger partial charge on any atom is -0.475 e. The highest BCUT2D eigenvalue weighted by molar-refractivity contribution is 5.83. The van der Waals surface area contributed by atoms with Crippen molar-refractivity contribution in [3.63, 3.8) is 0 Å². The number of carboxylic acid groups (broad SMARTS) is 2. The average Bonchev–Trinajstić information content (AvgIpc) is 3.38. The number of carboxylic acids is 2. The van der Waals surface area contributed by atoms with Crippen LogP contribution >= 0.6 is 0 Å². The summed E-state index contributed by atoms with van der Waals surface area (Å²) in [6.07, 6.45) is 5.88. The summed E-state index contributed by atoms with van der Waals surface area (Å²) in [6, 6.07) is 0. The van der Waals surface area contributed by atoms with Gasteiger partial charge in [0.1, 0.15) is 0 Å². The molecular weight excluding hydrogens is 560 g/mol. The Kier molecular flexibility index (Phi) is 18.8. The number of hydrogen-bond acceptors (Lipinski definition) is 7. The molecule has 240 valence electrons. The van der Waals surface area contributed by atoms with Gasteiger partial charge in [-0.15, -0.1) is 0 Å². The highest BCUT2D eigenvalue weighted by Crippen LogP contribution is 2.16. The van der Waals surface area contributed by atoms with Gasteiger partial charge in [-0.1, -0.05) is 65.2 Å². The van der Waals surface area contributed by atoms with E-state index < -0.39 is 24.3 Å². The SMILES string of the molecule is CC1(C)CN=C(NCCCCCCCCCCCCNC2=NCCC2)NC1.O=C(O)C(F)(F)F.O=C(O)C(F)(F)F. The fraction of sp³-hybridized carbons (Fsp3) is 0.846. The molecule has 0 radical (unpaired) electrons. The Morgan fingerprint density at radius 2 is 1.20 bits per heavy atom. The monoisotopic (exact) mass is 605 g/mol. The van der Waals surface area contributed by atoms with Crippen LogP contribution in [0.25, 0.3) is 0 Å². The van der Waals surface area contributed by atoms with E-state index in [0.717, 1.165) is 38.7 Å². The number of guanidine groups is 1. The molecule has 0 saturated carbocycles. The highest BCUT2D eigenvalue weighted by atomic mass is 19.4. The summed E-state index contributed by atoms with van der Waals surface area (Å²) in [6.45, 7) is 9.65. The number of alkyl halides is 6. The van der Waals surface area contributed by atoms with Crippen LogP contribution in [0.3, 0.4) is 0 Å². The first-order valence-electron chi connectivity index (χ1n) is 13.9. The number of rotatable bonds is 13. The molecule has 41 heavy (non-hydrogen) atoms. The van der Waals surface area contributed by atoms with Gasteiger partial charge in [-0.3, -0.25) is 9.98 Å². The van der Waals surface area contributed by atoms with E-state index in [1.165, 1.54) is 82.9 Å². The van der Waals surface area contributed by atoms with Gasteiger partial charge in [-0.2, -0.15) is 26.3 Å². The third-order valence-corrected chi connectivity index (χ3v) is 5.98. The molecule has 2 heterocycles. The molecule has 0 aromatic rings. The average molecular weight is 606 g/mol. The normalized spacial score (nSPS) is 16.1. The van der Waals surface area contributed by atoms with Crippen molar-refractivity contribution in [1.82, 2.24) is 16.0 Å². The van der Waals surface area contributed by atoms with Crippen LogP contribution in [-0.2, 0) is 9.59 Å². The van der Waals surface area contributed by atoms with Crippen LogP contribution < -0.4 is 16.0 Å². The van der Waals surface area contributed by atoms with E-state index in [-0.39, 0.29) is 0 Å². The van der Waals surface area contributed by atoms with Crippen LogP contribution in [0.1, 0.15) is 90.9 Å². The molecule has 0 aromatic carbocycles. The zero-order valence-corrected chi connectivity index (χ0v) is 23.9. The van der Waals surface area contributed by atoms with Crippen molar-refractivity contribution >= 4 is 23.7 Å². The Bertz CT molecular complexity index is 793. The molecule has 0 aromatic heterocycles. The van der Waals surface area contributed by atoms with Crippen LogP contribution in [0.2, 0.25) is 0 Å². The van der Waals surface area contributed by atoms with Crippen molar-refractivity contribution in [3.05, 3.63) is 0 Å². The smallest absolute Gasteiger partial charge is 0.475 e. The van der Waals surface area contributed by atoms with Crippen molar-refractivity contribution in [2.45, 2.75) is 103 Å². The first-order valence-corrected chi connectivity index (χ1v) is 13.9. The first kappa shape index (κ1) is 38.3. The summed E-state index contributed by atoms with van der Waals surface area (Å²) in [7, 11) is 0. The summed E-state index contributed by atoms with van der Waals surface area (Å²) < 4.78 is 63.5. The molecule has 0 saturated heterocycles. The maximum absolute atomic E-state index is 10.6. The third kappa shape index (κ3) is 22.6. The number of aliphatic imine (C=N–C) groups is 2. The lowest BCUT2D eigenvalue weighted by Crippen LogP contribution is -2.47. The molecule has 2 rings (SSSR count). The van der Waals surface area contributed by atoms with Crippen LogP contribution in [-0.4, -0.2) is 79.0 Å². The van der Waals surface area contributed by atoms with Crippen molar-refractivity contribution < 1.29 is 46.1 Å². The zero-order chi connectivity index (χ0) is 31.4. The second-order valence-electron chi connectivity index (χ2n) is 10.6. The van der Waals surface area contributed by atoms with Crippen molar-refractivity contribution in [1.29, 1.82) is 0 Å². The second kappa shape index (κ2) is 20.2. The van der Waals surface area contributed by atoms with Gasteiger partial charge in [0.25, 0.3) is 0 Å². The van der Waals surface area contributed by atoms with E-state index in [2.05, 4.69) is 39.8 Å². The van der Waals surface area contributed by atoms with Gasteiger partial charge in [0.05, 0.1) is 5.84 Å². The molecule has 0 amide bonds. The lowest BCUT2D eigenvalue weighted by molar-refractivity contribution is -0.193. The molecule has 2 aliphatic heterocycles. The maximum atomic E-state index is 10.6. The molecule has 0 atom stereocenters. The molecule has 15 heteroatoms. The van der Waals surface area contributed by atoms with Gasteiger partial charge in [0.15, 0.2) is 5.96 Å². The summed E-state index contributed by atoms with van der Waals surface area (Å²) >= 11 is 0. The quantitative estimate of drug-likeness (QED) is 0.138. The fourth-order valence-electron chi connectivity index (χ4n) is 3.63. The summed E-state index contributed by atoms with van der Waals surface area (Å²) in [5, 5.41) is 24.6. The molecule has 5 N–H and O–H groups in total. The van der Waals surface area contributed by atoms with E-state index >= 15 is 0 Å². The van der Waals surface area contributed by atoms with Crippen LogP contribution in [0.5, 0.6) is 0 Å². The lowest BCUT2D eigenvalue weighted by atomic mass is 9.93. The standard InChI is InChI=1S/C22H43N5.2C2HF3O2/c1-22(2)18-26-21(27-19-22)25-16-12-10-8-6-4-3-5-7-9-11-15-23-20-14-13-17-24-20;2*3-2(4,5)1(6)7/h3-19H2,1-2H3,(H,23,24)(H2,25,26,27);2*(H,6,7). The summed E-state index contributed by atoms with van der Waals surface area (Å²) in [5.74, 6) is -3.27. The van der Waals surface area contributed by atoms with Crippen molar-refractivity contribution in [2.75, 3.05) is 32.7 Å². The summed E-state index contributed by atoms with van der Waals surface area (Å²) in [5.41, 5.74) is 0.298. The Morgan fingerprint density at radius 3 is 1.54 bits per heavy atom. The number of unbranched alkanes of at least 4 members (excludes halogenated alkanes) is 9. The maximum Gasteiger partial charge on any atom is 0.490 e. The van der Waals surface area contributed by atoms with Gasteiger partial charge >= 0.3 is 24.3 Å². The predicted molar refractivity (Wildman–Crippen MR) is 145 cm³/mol. The molecule has 0 fully saturated rings. The zero-order valence-electron chi connectivity index (χ0n) is 23.9. The van der Waals surface area contributed by atoms with Gasteiger partial charge in [0, 0.05) is 44.6 Å². The summed E-state index contributed by atoms with van der Waals surface area (Å²) in [4.78, 5) is 26.8. The highest BCUT2D eigenvalue weighted by Gasteiger charge is 2.38. The number of hydrogen-bond donors (Lipinski definition) is 5. The molecule has 2 aliphatic rings. The fourth-order valence-corrected chi connectivity index (χ4v) is 3.63. The van der Waals surface area contributed by atoms with Crippen LogP contribution in [0, 0.1) is 5.41 Å². The van der Waals surface area contributed by atoms with E-state index in [9.17, 15) is 26.3 Å². The van der Waals surface area contributed by atoms with E-state index in [1.54, 1.807) is 0 Å². The van der Waals surface area contributed by atoms with Gasteiger partial charge < -0.3 is 26.2 Å². The second-order valence-corrected chi connectivity index (χ2v) is 10.6. The van der Waals surface area contributed by atoms with Crippen molar-refractivity contribution in [2.24, 2.45) is 15.4 Å². The minimum atomic E-state index is -5.08. The minimum absolute atomic E-state index is 0.298. The Morgan fingerprint density at radius 1 is 0.780 bits per heavy atom. The molecule has 9 nitrogen and oxygen atoms in total. The predicted octanol–water partition coefficient (Wildman–Crippen LogP) is 5.51. The van der Waals surface area contributed by atoms with E-state index in [4.69, 9.17) is 19.8 Å². The van der Waals surface area contributed by atoms with Gasteiger partial charge in [-0.05, 0) is 19.3 Å². The number of aliphatic carboxylic acids is 2. The number of carbonyl (C=O) groups is 2. The number of nitrogens with zero attached hydrogens (tertiary/aromatic N) is 2. The largest absolute Gasteiger partial charge is 0.490 e. The number of halogens is 6. The lowest BCUT2D eigenvalue weighted by Gasteiger charge is -2.29. The molecular formula is C26H45F6N5O4. The Labute approximate surface area is 237 Å². The Hall–Kier alpha value is -2.74. The van der Waals surface area contributed by atoms with Crippen LogP contribution in [0.4, 0.5) is 26.3 Å². The molecule has 0 aliphatic carbocycles. The number of nitrogens with one attached hydrogen (secondary N) is 3. The van der Waals surface area contributed by atoms with E-state index in [1.807, 2.05) is 0 Å².